The van der Waals surface area contributed by atoms with Crippen LogP contribution < -0.4 is 14.5 Å². The van der Waals surface area contributed by atoms with Gasteiger partial charge in [0.05, 0.1) is 22.8 Å². The number of fused-ring (bicyclic) bond motifs is 9. The third-order valence-corrected chi connectivity index (χ3v) is 11.3. The van der Waals surface area contributed by atoms with Gasteiger partial charge >= 0.3 is 0 Å². The Balaban J connectivity index is 1.18. The number of hydrogen-bond acceptors (Lipinski definition) is 3. The Morgan fingerprint density at radius 3 is 1.56 bits per heavy atom. The predicted octanol–water partition coefficient (Wildman–Crippen LogP) is 14.0. The van der Waals surface area contributed by atoms with Gasteiger partial charge < -0.3 is 14.5 Å². The molecule has 0 spiro atoms. The van der Waals surface area contributed by atoms with E-state index in [2.05, 4.69) is 216 Å². The third-order valence-electron chi connectivity index (χ3n) is 11.3. The number of hydrogen-bond donors (Lipinski definition) is 0. The Morgan fingerprint density at radius 1 is 0.382 bits per heavy atom. The summed E-state index contributed by atoms with van der Waals surface area (Å²) in [6.07, 6.45) is 2.30. The number of rotatable bonds is 6. The van der Waals surface area contributed by atoms with Gasteiger partial charge in [0.1, 0.15) is 11.9 Å². The van der Waals surface area contributed by atoms with E-state index in [1.807, 2.05) is 0 Å². The maximum Gasteiger partial charge on any atom is 0.135 e. The second-order valence-corrected chi connectivity index (χ2v) is 14.4. The molecule has 0 amide bonds. The predicted molar refractivity (Wildman–Crippen MR) is 229 cm³/mol. The van der Waals surface area contributed by atoms with Crippen LogP contribution in [-0.2, 0) is 0 Å². The molecular weight excluding hydrogens is 669 g/mol. The third kappa shape index (κ3) is 5.04. The van der Waals surface area contributed by atoms with Crippen molar-refractivity contribution in [2.24, 2.45) is 0 Å². The first-order valence-electron chi connectivity index (χ1n) is 19.0. The van der Waals surface area contributed by atoms with Crippen molar-refractivity contribution >= 4 is 66.5 Å². The Kier molecular flexibility index (Phi) is 7.31. The van der Waals surface area contributed by atoms with Gasteiger partial charge in [0, 0.05) is 55.5 Å². The molecule has 1 aliphatic carbocycles. The van der Waals surface area contributed by atoms with Crippen LogP contribution in [-0.4, -0.2) is 0 Å². The van der Waals surface area contributed by atoms with Gasteiger partial charge in [-0.3, -0.25) is 0 Å². The molecule has 2 aliphatic rings. The van der Waals surface area contributed by atoms with Gasteiger partial charge in [0.25, 0.3) is 0 Å². The van der Waals surface area contributed by atoms with Gasteiger partial charge in [-0.05, 0) is 59.3 Å². The molecule has 0 aromatic heterocycles. The highest BCUT2D eigenvalue weighted by Gasteiger charge is 2.42. The highest BCUT2D eigenvalue weighted by Crippen LogP contribution is 2.58. The molecule has 3 nitrogen and oxygen atoms in total. The maximum absolute atomic E-state index is 7.20. The lowest BCUT2D eigenvalue weighted by Crippen LogP contribution is -2.23. The Bertz CT molecular complexity index is 2920. The van der Waals surface area contributed by atoms with Gasteiger partial charge in [0.2, 0.25) is 0 Å². The van der Waals surface area contributed by atoms with E-state index in [0.29, 0.717) is 0 Å². The Morgan fingerprint density at radius 2 is 0.891 bits per heavy atom. The van der Waals surface area contributed by atoms with Gasteiger partial charge in [-0.25, -0.2) is 0 Å². The average molecular weight is 705 g/mol. The molecular formula is C52H36N2O. The normalized spacial score (nSPS) is 15.5. The molecule has 55 heavy (non-hydrogen) atoms. The fourth-order valence-electron chi connectivity index (χ4n) is 8.92. The molecule has 0 radical (unpaired) electrons. The van der Waals surface area contributed by atoms with Crippen LogP contribution in [0.25, 0.3) is 38.0 Å². The van der Waals surface area contributed by atoms with Crippen LogP contribution in [0.5, 0.6) is 5.75 Å². The first kappa shape index (κ1) is 31.4. The van der Waals surface area contributed by atoms with Gasteiger partial charge in [-0.15, -0.1) is 0 Å². The molecule has 1 heterocycles. The van der Waals surface area contributed by atoms with Crippen molar-refractivity contribution in [2.45, 2.75) is 12.0 Å². The van der Waals surface area contributed by atoms with Crippen LogP contribution >= 0.6 is 0 Å². The van der Waals surface area contributed by atoms with Crippen LogP contribution in [0.4, 0.5) is 28.4 Å². The maximum atomic E-state index is 7.20. The van der Waals surface area contributed by atoms with Crippen LogP contribution in [0.1, 0.15) is 28.7 Å². The summed E-state index contributed by atoms with van der Waals surface area (Å²) in [7, 11) is 0. The molecule has 260 valence electrons. The van der Waals surface area contributed by atoms with Crippen molar-refractivity contribution in [3.05, 3.63) is 223 Å². The van der Waals surface area contributed by atoms with E-state index in [9.17, 15) is 0 Å². The van der Waals surface area contributed by atoms with E-state index < -0.39 is 0 Å². The molecule has 0 N–H and O–H groups in total. The van der Waals surface area contributed by atoms with E-state index in [0.717, 1.165) is 50.7 Å². The summed E-state index contributed by atoms with van der Waals surface area (Å²) in [6, 6.07) is 72.1. The van der Waals surface area contributed by atoms with E-state index in [-0.39, 0.29) is 12.0 Å². The zero-order chi connectivity index (χ0) is 36.3. The van der Waals surface area contributed by atoms with Crippen molar-refractivity contribution in [1.82, 2.24) is 0 Å². The highest BCUT2D eigenvalue weighted by atomic mass is 16.5. The summed E-state index contributed by atoms with van der Waals surface area (Å²) in [5, 5.41) is 7.10. The van der Waals surface area contributed by atoms with Crippen molar-refractivity contribution in [3.8, 4) is 5.75 Å². The van der Waals surface area contributed by atoms with Gasteiger partial charge in [0.15, 0.2) is 0 Å². The molecule has 0 fully saturated rings. The lowest BCUT2D eigenvalue weighted by molar-refractivity contribution is 0.225. The largest absolute Gasteiger partial charge is 0.484 e. The topological polar surface area (TPSA) is 15.7 Å². The van der Waals surface area contributed by atoms with E-state index >= 15 is 0 Å². The average Bonchev–Trinajstić information content (AvgIpc) is 3.64. The second-order valence-electron chi connectivity index (χ2n) is 14.4. The fourth-order valence-corrected chi connectivity index (χ4v) is 8.92. The van der Waals surface area contributed by atoms with Crippen LogP contribution in [0, 0.1) is 0 Å². The van der Waals surface area contributed by atoms with Crippen LogP contribution in [0.15, 0.2) is 206 Å². The van der Waals surface area contributed by atoms with E-state index in [4.69, 9.17) is 4.74 Å². The number of para-hydroxylation sites is 2. The summed E-state index contributed by atoms with van der Waals surface area (Å²) in [6.45, 7) is 0. The zero-order valence-electron chi connectivity index (χ0n) is 30.1. The molecule has 11 rings (SSSR count). The minimum absolute atomic E-state index is 0.0328. The van der Waals surface area contributed by atoms with Crippen LogP contribution in [0.2, 0.25) is 0 Å². The van der Waals surface area contributed by atoms with Crippen molar-refractivity contribution in [1.29, 1.82) is 0 Å². The molecule has 0 bridgehead atoms. The standard InChI is InChI=1S/C52H36N2O/c1-3-21-37(22-4-1)53(47-31-15-19-35-17-7-9-25-39(35)47)49-33-45-46-34-50(42-28-12-14-30-44(42)52(46)55-51(45)43-29-13-11-27-41(43)49)54(38-23-5-2-6-24-38)48-32-16-20-36-18-8-10-26-40(36)48/h1-34,45,51H. The zero-order valence-corrected chi connectivity index (χ0v) is 30.1. The molecule has 2 unspecified atom stereocenters. The van der Waals surface area contributed by atoms with Crippen molar-refractivity contribution in [3.63, 3.8) is 0 Å². The summed E-state index contributed by atoms with van der Waals surface area (Å²) < 4.78 is 7.20. The number of nitrogens with zero attached hydrogens (tertiary/aromatic N) is 2. The fraction of sp³-hybridized carbons (Fsp3) is 0.0385. The monoisotopic (exact) mass is 704 g/mol. The Hall–Kier alpha value is -7.10. The van der Waals surface area contributed by atoms with Crippen molar-refractivity contribution < 1.29 is 4.74 Å². The quantitative estimate of drug-likeness (QED) is 0.171. The van der Waals surface area contributed by atoms with Crippen LogP contribution in [0.3, 0.4) is 0 Å². The summed E-state index contributed by atoms with van der Waals surface area (Å²) >= 11 is 0. The molecule has 2 atom stereocenters. The smallest absolute Gasteiger partial charge is 0.135 e. The first-order valence-corrected chi connectivity index (χ1v) is 19.0. The lowest BCUT2D eigenvalue weighted by Gasteiger charge is -2.35. The SMILES string of the molecule is C1=C(N(c2ccccc2)c2cccc3ccccc23)c2ccccc2C2Oc3c(cc(N(c4ccccc4)c4cccc5ccccc45)c4ccccc34)C12. The summed E-state index contributed by atoms with van der Waals surface area (Å²) in [5.41, 5.74) is 10.4. The number of anilines is 5. The molecule has 9 aromatic carbocycles. The summed E-state index contributed by atoms with van der Waals surface area (Å²) in [5.74, 6) is 0.929. The lowest BCUT2D eigenvalue weighted by atomic mass is 9.81. The first-order chi connectivity index (χ1) is 27.3. The molecule has 1 aliphatic heterocycles. The number of benzene rings is 9. The summed E-state index contributed by atoms with van der Waals surface area (Å²) in [4.78, 5) is 4.88. The van der Waals surface area contributed by atoms with Gasteiger partial charge in [-0.2, -0.15) is 0 Å². The molecule has 0 saturated carbocycles. The molecule has 9 aromatic rings. The molecule has 3 heteroatoms. The highest BCUT2D eigenvalue weighted by molar-refractivity contribution is 6.08. The molecule has 0 saturated heterocycles. The van der Waals surface area contributed by atoms with E-state index in [1.165, 1.54) is 38.2 Å². The van der Waals surface area contributed by atoms with Crippen molar-refractivity contribution in [2.75, 3.05) is 9.80 Å². The second kappa shape index (κ2) is 12.8. The minimum Gasteiger partial charge on any atom is -0.484 e. The minimum atomic E-state index is -0.165. The Labute approximate surface area is 320 Å². The van der Waals surface area contributed by atoms with Gasteiger partial charge in [-0.1, -0.05) is 158 Å². The van der Waals surface area contributed by atoms with E-state index in [1.54, 1.807) is 0 Å². The number of ether oxygens (including phenoxy) is 1.